The van der Waals surface area contributed by atoms with Crippen LogP contribution in [0.2, 0.25) is 0 Å². The van der Waals surface area contributed by atoms with Crippen LogP contribution in [-0.2, 0) is 20.9 Å². The van der Waals surface area contributed by atoms with Crippen LogP contribution in [0.3, 0.4) is 0 Å². The highest BCUT2D eigenvalue weighted by atomic mass is 16.6. The molecular weight excluding hydrogens is 518 g/mol. The maximum atomic E-state index is 12.9. The van der Waals surface area contributed by atoms with Gasteiger partial charge in [0.1, 0.15) is 6.61 Å². The molecule has 0 bridgehead atoms. The van der Waals surface area contributed by atoms with Crippen molar-refractivity contribution in [3.63, 3.8) is 0 Å². The largest absolute Gasteiger partial charge is 0.465 e. The Labute approximate surface area is 231 Å². The van der Waals surface area contributed by atoms with Crippen LogP contribution < -0.4 is 9.47 Å². The molecule has 0 spiro atoms. The Morgan fingerprint density at radius 1 is 0.750 bits per heavy atom. The summed E-state index contributed by atoms with van der Waals surface area (Å²) in [4.78, 5) is 63.1. The van der Waals surface area contributed by atoms with Gasteiger partial charge < -0.3 is 23.8 Å². The van der Waals surface area contributed by atoms with E-state index < -0.39 is 35.7 Å². The first-order valence-corrected chi connectivity index (χ1v) is 12.3. The third-order valence-electron chi connectivity index (χ3n) is 5.59. The number of amides is 1. The molecule has 0 heterocycles. The molecule has 0 aromatic heterocycles. The molecule has 0 fully saturated rings. The van der Waals surface area contributed by atoms with E-state index in [1.54, 1.807) is 13.8 Å². The van der Waals surface area contributed by atoms with Crippen molar-refractivity contribution < 1.29 is 42.9 Å². The summed E-state index contributed by atoms with van der Waals surface area (Å²) in [7, 11) is 2.67. The Morgan fingerprint density at radius 3 is 1.95 bits per heavy atom. The molecule has 0 saturated carbocycles. The molecule has 0 unspecified atom stereocenters. The normalized spacial score (nSPS) is 10.4. The Morgan fingerprint density at radius 2 is 1.35 bits per heavy atom. The van der Waals surface area contributed by atoms with Crippen molar-refractivity contribution in [2.75, 3.05) is 20.7 Å². The summed E-state index contributed by atoms with van der Waals surface area (Å²) >= 11 is 0. The van der Waals surface area contributed by atoms with Gasteiger partial charge in [0.2, 0.25) is 0 Å². The maximum Gasteiger partial charge on any atom is 0.410 e. The summed E-state index contributed by atoms with van der Waals surface area (Å²) in [6.45, 7) is 3.00. The second-order valence-corrected chi connectivity index (χ2v) is 9.02. The van der Waals surface area contributed by atoms with Gasteiger partial charge in [0, 0.05) is 12.6 Å². The second-order valence-electron chi connectivity index (χ2n) is 9.02. The van der Waals surface area contributed by atoms with Crippen LogP contribution in [0, 0.1) is 5.92 Å². The SMILES string of the molecule is COC(=O)c1ccc(C(=O)Oc2ccc(C(=O)CN(C)C(=O)OCc3ccccc3)cc2OC(=O)C(C)C)cc1. The minimum Gasteiger partial charge on any atom is -0.465 e. The van der Waals surface area contributed by atoms with Crippen LogP contribution in [0.25, 0.3) is 0 Å². The first-order chi connectivity index (χ1) is 19.1. The lowest BCUT2D eigenvalue weighted by Gasteiger charge is -2.17. The molecule has 0 N–H and O–H groups in total. The Balaban J connectivity index is 1.74. The molecule has 0 aliphatic heterocycles. The molecule has 40 heavy (non-hydrogen) atoms. The molecule has 3 rings (SSSR count). The van der Waals surface area contributed by atoms with Gasteiger partial charge in [-0.1, -0.05) is 44.2 Å². The zero-order valence-electron chi connectivity index (χ0n) is 22.5. The number of benzene rings is 3. The smallest absolute Gasteiger partial charge is 0.410 e. The molecule has 0 aliphatic rings. The van der Waals surface area contributed by atoms with Crippen molar-refractivity contribution in [2.45, 2.75) is 20.5 Å². The predicted octanol–water partition coefficient (Wildman–Crippen LogP) is 4.71. The number of carbonyl (C=O) groups excluding carboxylic acids is 5. The standard InChI is InChI=1S/C30H29NO9/c1-19(2)27(33)40-26-16-23(24(32)17-31(3)30(36)38-18-20-8-6-5-7-9-20)14-15-25(26)39-29(35)22-12-10-21(11-13-22)28(34)37-4/h5-16,19H,17-18H2,1-4H3. The van der Waals surface area contributed by atoms with E-state index in [-0.39, 0.29) is 41.3 Å². The number of nitrogens with zero attached hydrogens (tertiary/aromatic N) is 1. The number of carbonyl (C=O) groups is 5. The lowest BCUT2D eigenvalue weighted by atomic mass is 10.1. The van der Waals surface area contributed by atoms with Gasteiger partial charge in [0.25, 0.3) is 0 Å². The van der Waals surface area contributed by atoms with Crippen LogP contribution in [-0.4, -0.2) is 55.4 Å². The van der Waals surface area contributed by atoms with Crippen molar-refractivity contribution in [1.82, 2.24) is 4.90 Å². The van der Waals surface area contributed by atoms with Gasteiger partial charge in [-0.3, -0.25) is 9.59 Å². The third kappa shape index (κ3) is 8.00. The number of hydrogen-bond donors (Lipinski definition) is 0. The van der Waals surface area contributed by atoms with Crippen LogP contribution in [0.4, 0.5) is 4.79 Å². The average molecular weight is 548 g/mol. The zero-order chi connectivity index (χ0) is 29.2. The summed E-state index contributed by atoms with van der Waals surface area (Å²) in [6, 6.07) is 18.7. The quantitative estimate of drug-likeness (QED) is 0.202. The summed E-state index contributed by atoms with van der Waals surface area (Å²) in [5, 5.41) is 0. The lowest BCUT2D eigenvalue weighted by Crippen LogP contribution is -2.32. The van der Waals surface area contributed by atoms with E-state index in [0.717, 1.165) is 10.5 Å². The molecular formula is C30H29NO9. The van der Waals surface area contributed by atoms with E-state index in [2.05, 4.69) is 4.74 Å². The highest BCUT2D eigenvalue weighted by molar-refractivity contribution is 6.00. The number of likely N-dealkylation sites (N-methyl/N-ethyl adjacent to an activating group) is 1. The highest BCUT2D eigenvalue weighted by Gasteiger charge is 2.21. The summed E-state index contributed by atoms with van der Waals surface area (Å²) in [5.41, 5.74) is 1.31. The van der Waals surface area contributed by atoms with Gasteiger partial charge >= 0.3 is 24.0 Å². The first-order valence-electron chi connectivity index (χ1n) is 12.3. The number of ether oxygens (including phenoxy) is 4. The minimum absolute atomic E-state index is 0.0545. The minimum atomic E-state index is -0.779. The number of esters is 3. The highest BCUT2D eigenvalue weighted by Crippen LogP contribution is 2.30. The molecule has 10 nitrogen and oxygen atoms in total. The third-order valence-corrected chi connectivity index (χ3v) is 5.59. The van der Waals surface area contributed by atoms with Crippen molar-refractivity contribution in [3.8, 4) is 11.5 Å². The van der Waals surface area contributed by atoms with Gasteiger partial charge in [-0.2, -0.15) is 0 Å². The molecule has 0 atom stereocenters. The summed E-state index contributed by atoms with van der Waals surface area (Å²) in [6.07, 6.45) is -0.688. The van der Waals surface area contributed by atoms with E-state index in [1.165, 1.54) is 56.6 Å². The monoisotopic (exact) mass is 547 g/mol. The molecule has 3 aromatic rings. The molecule has 3 aromatic carbocycles. The van der Waals surface area contributed by atoms with Gasteiger partial charge in [-0.25, -0.2) is 14.4 Å². The van der Waals surface area contributed by atoms with Crippen molar-refractivity contribution >= 4 is 29.8 Å². The lowest BCUT2D eigenvalue weighted by molar-refractivity contribution is -0.137. The molecule has 208 valence electrons. The molecule has 0 radical (unpaired) electrons. The molecule has 0 saturated heterocycles. The summed E-state index contributed by atoms with van der Waals surface area (Å²) < 4.78 is 20.7. The number of methoxy groups -OCH3 is 1. The average Bonchev–Trinajstić information content (AvgIpc) is 2.96. The van der Waals surface area contributed by atoms with Crippen LogP contribution >= 0.6 is 0 Å². The zero-order valence-corrected chi connectivity index (χ0v) is 22.5. The van der Waals surface area contributed by atoms with Gasteiger partial charge in [-0.05, 0) is 48.0 Å². The van der Waals surface area contributed by atoms with E-state index in [4.69, 9.17) is 14.2 Å². The molecule has 0 aliphatic carbocycles. The molecule has 10 heteroatoms. The Kier molecular flexibility index (Phi) is 10.1. The second kappa shape index (κ2) is 13.7. The first kappa shape index (κ1) is 29.6. The maximum absolute atomic E-state index is 12.9. The fourth-order valence-corrected chi connectivity index (χ4v) is 3.29. The Bertz CT molecular complexity index is 1380. The van der Waals surface area contributed by atoms with Crippen LogP contribution in [0.1, 0.15) is 50.5 Å². The fourth-order valence-electron chi connectivity index (χ4n) is 3.29. The van der Waals surface area contributed by atoms with E-state index in [1.807, 2.05) is 30.3 Å². The van der Waals surface area contributed by atoms with Crippen molar-refractivity contribution in [3.05, 3.63) is 95.1 Å². The molecule has 1 amide bonds. The van der Waals surface area contributed by atoms with Gasteiger partial charge in [-0.15, -0.1) is 0 Å². The number of rotatable bonds is 10. The van der Waals surface area contributed by atoms with E-state index in [9.17, 15) is 24.0 Å². The summed E-state index contributed by atoms with van der Waals surface area (Å²) in [5.74, 6) is -3.14. The topological polar surface area (TPSA) is 126 Å². The number of ketones is 1. The van der Waals surface area contributed by atoms with E-state index >= 15 is 0 Å². The van der Waals surface area contributed by atoms with Crippen LogP contribution in [0.5, 0.6) is 11.5 Å². The predicted molar refractivity (Wildman–Crippen MR) is 143 cm³/mol. The van der Waals surface area contributed by atoms with Crippen molar-refractivity contribution in [1.29, 1.82) is 0 Å². The fraction of sp³-hybridized carbons (Fsp3) is 0.233. The van der Waals surface area contributed by atoms with Crippen molar-refractivity contribution in [2.24, 2.45) is 5.92 Å². The van der Waals surface area contributed by atoms with Gasteiger partial charge in [0.15, 0.2) is 17.3 Å². The number of hydrogen-bond acceptors (Lipinski definition) is 9. The van der Waals surface area contributed by atoms with E-state index in [0.29, 0.717) is 0 Å². The Hall–Kier alpha value is -4.99. The number of Topliss-reactive ketones (excluding diaryl/α,β-unsaturated/α-hetero) is 1. The van der Waals surface area contributed by atoms with Gasteiger partial charge in [0.05, 0.1) is 30.7 Å². The van der Waals surface area contributed by atoms with Crippen LogP contribution in [0.15, 0.2) is 72.8 Å².